The van der Waals surface area contributed by atoms with Gasteiger partial charge >= 0.3 is 0 Å². The first-order valence-corrected chi connectivity index (χ1v) is 5.97. The summed E-state index contributed by atoms with van der Waals surface area (Å²) in [6.45, 7) is 0. The zero-order chi connectivity index (χ0) is 13.0. The molecule has 92 valence electrons. The zero-order valence-corrected chi connectivity index (χ0v) is 10.2. The van der Waals surface area contributed by atoms with Crippen molar-refractivity contribution in [2.45, 2.75) is 0 Å². The van der Waals surface area contributed by atoms with Crippen LogP contribution >= 0.6 is 0 Å². The Hall–Kier alpha value is -2.69. The van der Waals surface area contributed by atoms with Gasteiger partial charge in [-0.1, -0.05) is 18.2 Å². The van der Waals surface area contributed by atoms with E-state index in [2.05, 4.69) is 15.1 Å². The molecule has 0 radical (unpaired) electrons. The maximum atomic E-state index is 12.4. The Bertz CT molecular complexity index is 997. The van der Waals surface area contributed by atoms with E-state index < -0.39 is 0 Å². The largest absolute Gasteiger partial charge is 0.324 e. The van der Waals surface area contributed by atoms with Gasteiger partial charge in [0.25, 0.3) is 0 Å². The third kappa shape index (κ3) is 1.32. The summed E-state index contributed by atoms with van der Waals surface area (Å²) in [6, 6.07) is 9.63. The second kappa shape index (κ2) is 3.41. The fourth-order valence-corrected chi connectivity index (χ4v) is 2.39. The van der Waals surface area contributed by atoms with Gasteiger partial charge in [-0.2, -0.15) is 5.10 Å². The van der Waals surface area contributed by atoms with Gasteiger partial charge in [0.15, 0.2) is 0 Å². The zero-order valence-electron chi connectivity index (χ0n) is 10.2. The normalized spacial score (nSPS) is 11.6. The average molecular weight is 250 g/mol. The Morgan fingerprint density at radius 1 is 1.21 bits per heavy atom. The number of pyridine rings is 2. The molecule has 0 fully saturated rings. The van der Waals surface area contributed by atoms with Gasteiger partial charge in [-0.25, -0.2) is 4.98 Å². The molecule has 0 saturated carbocycles. The van der Waals surface area contributed by atoms with Gasteiger partial charge in [-0.3, -0.25) is 9.48 Å². The van der Waals surface area contributed by atoms with Crippen LogP contribution in [-0.2, 0) is 7.05 Å². The SMILES string of the molecule is Cn1ncc2c(=O)c3cc4ccccc4nc3[nH]c21. The van der Waals surface area contributed by atoms with Gasteiger partial charge in [0.2, 0.25) is 5.43 Å². The van der Waals surface area contributed by atoms with Crippen molar-refractivity contribution in [1.82, 2.24) is 19.7 Å². The van der Waals surface area contributed by atoms with Gasteiger partial charge in [0.05, 0.1) is 22.5 Å². The van der Waals surface area contributed by atoms with Crippen molar-refractivity contribution < 1.29 is 0 Å². The van der Waals surface area contributed by atoms with Crippen LogP contribution in [0.5, 0.6) is 0 Å². The number of hydrogen-bond acceptors (Lipinski definition) is 3. The van der Waals surface area contributed by atoms with Crippen LogP contribution in [0.2, 0.25) is 0 Å². The molecule has 0 aliphatic rings. The van der Waals surface area contributed by atoms with Gasteiger partial charge in [0.1, 0.15) is 11.3 Å². The minimum atomic E-state index is -0.0323. The van der Waals surface area contributed by atoms with Crippen LogP contribution in [-0.4, -0.2) is 19.7 Å². The van der Waals surface area contributed by atoms with E-state index in [9.17, 15) is 4.79 Å². The topological polar surface area (TPSA) is 63.6 Å². The number of H-pyrrole nitrogens is 1. The van der Waals surface area contributed by atoms with E-state index >= 15 is 0 Å². The number of benzene rings is 1. The Kier molecular flexibility index (Phi) is 1.84. The number of nitrogens with zero attached hydrogens (tertiary/aromatic N) is 3. The van der Waals surface area contributed by atoms with Gasteiger partial charge in [0, 0.05) is 12.4 Å². The quantitative estimate of drug-likeness (QED) is 0.485. The van der Waals surface area contributed by atoms with Crippen LogP contribution < -0.4 is 5.43 Å². The first kappa shape index (κ1) is 10.3. The molecule has 1 N–H and O–H groups in total. The van der Waals surface area contributed by atoms with Crippen molar-refractivity contribution in [1.29, 1.82) is 0 Å². The highest BCUT2D eigenvalue weighted by Gasteiger charge is 2.10. The number of para-hydroxylation sites is 1. The molecule has 0 aliphatic carbocycles. The second-order valence-corrected chi connectivity index (χ2v) is 4.56. The Labute approximate surface area is 107 Å². The lowest BCUT2D eigenvalue weighted by Gasteiger charge is -2.02. The maximum Gasteiger partial charge on any atom is 0.202 e. The monoisotopic (exact) mass is 250 g/mol. The molecule has 0 spiro atoms. The van der Waals surface area contributed by atoms with E-state index in [1.54, 1.807) is 17.9 Å². The third-order valence-corrected chi connectivity index (χ3v) is 3.39. The van der Waals surface area contributed by atoms with Gasteiger partial charge < -0.3 is 4.98 Å². The summed E-state index contributed by atoms with van der Waals surface area (Å²) in [7, 11) is 1.80. The number of aryl methyl sites for hydroxylation is 1. The molecule has 0 unspecified atom stereocenters. The molecule has 19 heavy (non-hydrogen) atoms. The first-order chi connectivity index (χ1) is 9.24. The summed E-state index contributed by atoms with van der Waals surface area (Å²) < 4.78 is 1.65. The molecule has 1 aromatic carbocycles. The fraction of sp³-hybridized carbons (Fsp3) is 0.0714. The summed E-state index contributed by atoms with van der Waals surface area (Å²) in [5, 5.41) is 6.25. The van der Waals surface area contributed by atoms with Crippen LogP contribution in [0.15, 0.2) is 41.3 Å². The van der Waals surface area contributed by atoms with Crippen molar-refractivity contribution in [3.8, 4) is 0 Å². The number of aromatic nitrogens is 4. The fourth-order valence-electron chi connectivity index (χ4n) is 2.39. The lowest BCUT2D eigenvalue weighted by Crippen LogP contribution is -2.05. The van der Waals surface area contributed by atoms with E-state index in [1.165, 1.54) is 0 Å². The van der Waals surface area contributed by atoms with Crippen LogP contribution in [0.3, 0.4) is 0 Å². The molecule has 0 atom stereocenters. The predicted octanol–water partition coefficient (Wildman–Crippen LogP) is 1.96. The summed E-state index contributed by atoms with van der Waals surface area (Å²) >= 11 is 0. The third-order valence-electron chi connectivity index (χ3n) is 3.39. The molecule has 5 heteroatoms. The van der Waals surface area contributed by atoms with E-state index in [1.807, 2.05) is 30.3 Å². The summed E-state index contributed by atoms with van der Waals surface area (Å²) in [5.74, 6) is 0. The maximum absolute atomic E-state index is 12.4. The average Bonchev–Trinajstić information content (AvgIpc) is 2.79. The molecule has 0 amide bonds. The van der Waals surface area contributed by atoms with Gasteiger partial charge in [-0.05, 0) is 12.1 Å². The molecular formula is C14H10N4O. The standard InChI is InChI=1S/C14H10N4O/c1-18-14-10(7-15-18)12(19)9-6-8-4-2-3-5-11(8)16-13(9)17-14/h2-7H,1H3,(H,16,17,19). The van der Waals surface area contributed by atoms with E-state index in [0.717, 1.165) is 10.9 Å². The molecule has 4 rings (SSSR count). The molecule has 0 bridgehead atoms. The van der Waals surface area contributed by atoms with E-state index in [-0.39, 0.29) is 5.43 Å². The first-order valence-electron chi connectivity index (χ1n) is 5.97. The minimum absolute atomic E-state index is 0.0323. The Balaban J connectivity index is 2.30. The molecule has 0 aliphatic heterocycles. The second-order valence-electron chi connectivity index (χ2n) is 4.56. The van der Waals surface area contributed by atoms with Crippen molar-refractivity contribution in [3.63, 3.8) is 0 Å². The van der Waals surface area contributed by atoms with Crippen molar-refractivity contribution in [2.24, 2.45) is 7.05 Å². The molecule has 4 aromatic rings. The molecule has 0 saturated heterocycles. The lowest BCUT2D eigenvalue weighted by molar-refractivity contribution is 0.787. The van der Waals surface area contributed by atoms with Crippen LogP contribution in [0.25, 0.3) is 33.0 Å². The number of fused-ring (bicyclic) bond motifs is 3. The van der Waals surface area contributed by atoms with Crippen molar-refractivity contribution in [2.75, 3.05) is 0 Å². The molecule has 5 nitrogen and oxygen atoms in total. The van der Waals surface area contributed by atoms with Crippen molar-refractivity contribution >= 4 is 33.0 Å². The van der Waals surface area contributed by atoms with Gasteiger partial charge in [-0.15, -0.1) is 0 Å². The minimum Gasteiger partial charge on any atom is -0.324 e. The Morgan fingerprint density at radius 3 is 2.95 bits per heavy atom. The summed E-state index contributed by atoms with van der Waals surface area (Å²) in [4.78, 5) is 20.1. The van der Waals surface area contributed by atoms with Crippen LogP contribution in [0.1, 0.15) is 0 Å². The van der Waals surface area contributed by atoms with Crippen LogP contribution in [0.4, 0.5) is 0 Å². The Morgan fingerprint density at radius 2 is 2.05 bits per heavy atom. The molecule has 3 heterocycles. The highest BCUT2D eigenvalue weighted by molar-refractivity contribution is 5.95. The van der Waals surface area contributed by atoms with Crippen LogP contribution in [0, 0.1) is 0 Å². The number of nitrogens with one attached hydrogen (secondary N) is 1. The summed E-state index contributed by atoms with van der Waals surface area (Å²) in [6.07, 6.45) is 1.59. The van der Waals surface area contributed by atoms with E-state index in [4.69, 9.17) is 0 Å². The highest BCUT2D eigenvalue weighted by atomic mass is 16.1. The molecule has 3 aromatic heterocycles. The van der Waals surface area contributed by atoms with Crippen molar-refractivity contribution in [3.05, 3.63) is 46.8 Å². The van der Waals surface area contributed by atoms with E-state index in [0.29, 0.717) is 22.1 Å². The highest BCUT2D eigenvalue weighted by Crippen LogP contribution is 2.18. The number of aromatic amines is 1. The smallest absolute Gasteiger partial charge is 0.202 e. The lowest BCUT2D eigenvalue weighted by atomic mass is 10.1. The molecular weight excluding hydrogens is 240 g/mol. The summed E-state index contributed by atoms with van der Waals surface area (Å²) in [5.41, 5.74) is 2.13. The number of hydrogen-bond donors (Lipinski definition) is 1. The predicted molar refractivity (Wildman–Crippen MR) is 74.1 cm³/mol. The number of rotatable bonds is 0.